The third-order valence-electron chi connectivity index (χ3n) is 4.71. The van der Waals surface area contributed by atoms with Gasteiger partial charge in [-0.15, -0.1) is 12.4 Å². The van der Waals surface area contributed by atoms with E-state index in [9.17, 15) is 8.42 Å². The van der Waals surface area contributed by atoms with Crippen molar-refractivity contribution < 1.29 is 8.42 Å². The summed E-state index contributed by atoms with van der Waals surface area (Å²) >= 11 is 0. The molecule has 1 saturated heterocycles. The molecule has 1 aliphatic rings. The third kappa shape index (κ3) is 4.65. The molecule has 0 bridgehead atoms. The number of nitrogens with one attached hydrogen (secondary N) is 1. The summed E-state index contributed by atoms with van der Waals surface area (Å²) < 4.78 is 28.3. The van der Waals surface area contributed by atoms with E-state index >= 15 is 0 Å². The monoisotopic (exact) mass is 394 g/mol. The first-order valence-corrected chi connectivity index (χ1v) is 10.4. The normalized spacial score (nSPS) is 15.6. The van der Waals surface area contributed by atoms with Crippen LogP contribution in [0.5, 0.6) is 0 Å². The van der Waals surface area contributed by atoms with E-state index < -0.39 is 10.0 Å². The lowest BCUT2D eigenvalue weighted by Gasteiger charge is -2.33. The van der Waals surface area contributed by atoms with E-state index in [2.05, 4.69) is 5.32 Å². The topological polar surface area (TPSA) is 49.4 Å². The molecule has 0 atom stereocenters. The van der Waals surface area contributed by atoms with Crippen molar-refractivity contribution in [1.29, 1.82) is 0 Å². The molecule has 0 saturated carbocycles. The fraction of sp³-hybridized carbons (Fsp3) is 0.400. The van der Waals surface area contributed by atoms with Gasteiger partial charge >= 0.3 is 0 Å². The van der Waals surface area contributed by atoms with Crippen LogP contribution in [0.2, 0.25) is 0 Å². The molecule has 0 aromatic heterocycles. The molecule has 0 unspecified atom stereocenters. The van der Waals surface area contributed by atoms with E-state index in [-0.39, 0.29) is 18.4 Å². The summed E-state index contributed by atoms with van der Waals surface area (Å²) in [4.78, 5) is 0.390. The summed E-state index contributed by atoms with van der Waals surface area (Å²) in [6.45, 7) is 4.36. The van der Waals surface area contributed by atoms with Crippen molar-refractivity contribution in [1.82, 2.24) is 9.62 Å². The smallest absolute Gasteiger partial charge is 0.243 e. The number of nitrogens with zero attached hydrogens (tertiary/aromatic N) is 1. The summed E-state index contributed by atoms with van der Waals surface area (Å²) in [6.07, 6.45) is 2.57. The number of hydrogen-bond acceptors (Lipinski definition) is 3. The minimum atomic E-state index is -3.49. The van der Waals surface area contributed by atoms with Gasteiger partial charge in [0.1, 0.15) is 0 Å². The van der Waals surface area contributed by atoms with E-state index in [4.69, 9.17) is 0 Å². The van der Waals surface area contributed by atoms with Crippen molar-refractivity contribution in [3.8, 4) is 11.1 Å². The van der Waals surface area contributed by atoms with E-state index in [0.29, 0.717) is 11.4 Å². The van der Waals surface area contributed by atoms with Gasteiger partial charge in [0.15, 0.2) is 0 Å². The lowest BCUT2D eigenvalue weighted by atomic mass is 10.1. The summed E-state index contributed by atoms with van der Waals surface area (Å²) in [5.41, 5.74) is 1.96. The highest BCUT2D eigenvalue weighted by atomic mass is 35.5. The lowest BCUT2D eigenvalue weighted by Crippen LogP contribution is -2.46. The Morgan fingerprint density at radius 3 is 2.31 bits per heavy atom. The van der Waals surface area contributed by atoms with Crippen LogP contribution in [0.1, 0.15) is 26.2 Å². The van der Waals surface area contributed by atoms with Gasteiger partial charge in [-0.05, 0) is 55.6 Å². The zero-order valence-corrected chi connectivity index (χ0v) is 16.7. The first-order valence-electron chi connectivity index (χ1n) is 9.01. The molecule has 1 heterocycles. The second kappa shape index (κ2) is 9.51. The zero-order chi connectivity index (χ0) is 17.7. The highest BCUT2D eigenvalue weighted by Gasteiger charge is 2.31. The Hall–Kier alpha value is -1.40. The van der Waals surface area contributed by atoms with Gasteiger partial charge in [-0.1, -0.05) is 49.4 Å². The second-order valence-corrected chi connectivity index (χ2v) is 8.38. The Bertz CT molecular complexity index is 790. The number of halogens is 1. The van der Waals surface area contributed by atoms with Crippen molar-refractivity contribution in [2.75, 3.05) is 19.6 Å². The van der Waals surface area contributed by atoms with Crippen LogP contribution < -0.4 is 5.32 Å². The summed E-state index contributed by atoms with van der Waals surface area (Å²) in [5.74, 6) is 0. The molecule has 0 aliphatic carbocycles. The molecule has 2 aromatic carbocycles. The van der Waals surface area contributed by atoms with Gasteiger partial charge in [-0.2, -0.15) is 4.31 Å². The third-order valence-corrected chi connectivity index (χ3v) is 6.66. The lowest BCUT2D eigenvalue weighted by molar-refractivity contribution is 0.262. The van der Waals surface area contributed by atoms with E-state index in [1.165, 1.54) is 0 Å². The van der Waals surface area contributed by atoms with Crippen molar-refractivity contribution in [2.24, 2.45) is 0 Å². The van der Waals surface area contributed by atoms with Gasteiger partial charge in [-0.3, -0.25) is 0 Å². The maximum atomic E-state index is 13.3. The average molecular weight is 395 g/mol. The number of benzene rings is 2. The fourth-order valence-electron chi connectivity index (χ4n) is 3.42. The molecular weight excluding hydrogens is 368 g/mol. The Balaban J connectivity index is 0.00000243. The summed E-state index contributed by atoms with van der Waals surface area (Å²) in [6, 6.07) is 17.3. The maximum absolute atomic E-state index is 13.3. The van der Waals surface area contributed by atoms with Gasteiger partial charge in [0.25, 0.3) is 0 Å². The molecule has 6 heteroatoms. The molecule has 4 nitrogen and oxygen atoms in total. The zero-order valence-electron chi connectivity index (χ0n) is 15.1. The van der Waals surface area contributed by atoms with Gasteiger partial charge in [-0.25, -0.2) is 8.42 Å². The van der Waals surface area contributed by atoms with Gasteiger partial charge in [0.2, 0.25) is 10.0 Å². The second-order valence-electron chi connectivity index (χ2n) is 6.49. The van der Waals surface area contributed by atoms with Crippen LogP contribution in [-0.2, 0) is 10.0 Å². The first kappa shape index (κ1) is 20.9. The highest BCUT2D eigenvalue weighted by Crippen LogP contribution is 2.27. The van der Waals surface area contributed by atoms with E-state index in [1.807, 2.05) is 49.4 Å². The molecule has 142 valence electrons. The number of piperidine rings is 1. The van der Waals surface area contributed by atoms with E-state index in [0.717, 1.165) is 43.5 Å². The molecule has 0 amide bonds. The van der Waals surface area contributed by atoms with Crippen LogP contribution in [-0.4, -0.2) is 38.4 Å². The van der Waals surface area contributed by atoms with Crippen molar-refractivity contribution in [3.05, 3.63) is 54.6 Å². The van der Waals surface area contributed by atoms with Crippen LogP contribution in [0.25, 0.3) is 11.1 Å². The quantitative estimate of drug-likeness (QED) is 0.807. The van der Waals surface area contributed by atoms with E-state index in [1.54, 1.807) is 16.4 Å². The molecule has 1 N–H and O–H groups in total. The van der Waals surface area contributed by atoms with Gasteiger partial charge in [0.05, 0.1) is 4.90 Å². The SMILES string of the molecule is CCCN(C1CCNCC1)S(=O)(=O)c1cccc(-c2ccccc2)c1.Cl. The van der Waals surface area contributed by atoms with Gasteiger partial charge in [0, 0.05) is 12.6 Å². The highest BCUT2D eigenvalue weighted by molar-refractivity contribution is 7.89. The minimum absolute atomic E-state index is 0. The Morgan fingerprint density at radius 1 is 1.00 bits per heavy atom. The molecule has 2 aromatic rings. The molecule has 26 heavy (non-hydrogen) atoms. The van der Waals surface area contributed by atoms with Crippen LogP contribution in [0.15, 0.2) is 59.5 Å². The number of sulfonamides is 1. The van der Waals surface area contributed by atoms with Crippen LogP contribution in [0.3, 0.4) is 0 Å². The molecule has 3 rings (SSSR count). The summed E-state index contributed by atoms with van der Waals surface area (Å²) in [7, 11) is -3.49. The molecule has 1 aliphatic heterocycles. The minimum Gasteiger partial charge on any atom is -0.317 e. The predicted molar refractivity (Wildman–Crippen MR) is 109 cm³/mol. The molecule has 0 spiro atoms. The molecule has 1 fully saturated rings. The van der Waals surface area contributed by atoms with Crippen LogP contribution >= 0.6 is 12.4 Å². The maximum Gasteiger partial charge on any atom is 0.243 e. The van der Waals surface area contributed by atoms with Crippen LogP contribution in [0.4, 0.5) is 0 Å². The largest absolute Gasteiger partial charge is 0.317 e. The molecular formula is C20H27ClN2O2S. The van der Waals surface area contributed by atoms with Crippen molar-refractivity contribution in [2.45, 2.75) is 37.1 Å². The fourth-order valence-corrected chi connectivity index (χ4v) is 5.24. The Morgan fingerprint density at radius 2 is 1.65 bits per heavy atom. The summed E-state index contributed by atoms with van der Waals surface area (Å²) in [5, 5.41) is 3.31. The first-order chi connectivity index (χ1) is 12.1. The number of hydrogen-bond donors (Lipinski definition) is 1. The van der Waals surface area contributed by atoms with Gasteiger partial charge < -0.3 is 5.32 Å². The number of rotatable bonds is 6. The average Bonchev–Trinajstić information content (AvgIpc) is 2.67. The standard InChI is InChI=1S/C20H26N2O2S.ClH/c1-2-15-22(19-11-13-21-14-12-19)25(23,24)20-10-6-9-18(16-20)17-7-4-3-5-8-17;/h3-10,16,19,21H,2,11-15H2,1H3;1H. The van der Waals surface area contributed by atoms with Crippen molar-refractivity contribution >= 4 is 22.4 Å². The predicted octanol–water partition coefficient (Wildman–Crippen LogP) is 3.93. The molecule has 0 radical (unpaired) electrons. The van der Waals surface area contributed by atoms with Crippen LogP contribution in [0, 0.1) is 0 Å². The Kier molecular flexibility index (Phi) is 7.65. The Labute approximate surface area is 163 Å². The van der Waals surface area contributed by atoms with Crippen molar-refractivity contribution in [3.63, 3.8) is 0 Å².